The second-order valence-corrected chi connectivity index (χ2v) is 4.61. The first kappa shape index (κ1) is 14.5. The molecule has 0 fully saturated rings. The molecule has 2 heterocycles. The smallest absolute Gasteiger partial charge is 0.306 e. The van der Waals surface area contributed by atoms with Gasteiger partial charge >= 0.3 is 5.69 Å². The standard InChI is InChI=1S/C13H9FN6O3/c1-7-4-5-15-13-17-11(18-19(7)13)12(21)16-8-2-3-9(14)10(6-8)20(22)23/h2-6H,1H3,(H,16,21). The first-order valence-corrected chi connectivity index (χ1v) is 6.39. The number of nitro benzene ring substituents is 1. The molecule has 1 N–H and O–H groups in total. The van der Waals surface area contributed by atoms with Crippen LogP contribution in [0.25, 0.3) is 5.78 Å². The molecule has 0 aliphatic heterocycles. The number of hydrogen-bond donors (Lipinski definition) is 1. The molecule has 3 rings (SSSR count). The van der Waals surface area contributed by atoms with Gasteiger partial charge in [0.05, 0.1) is 4.92 Å². The summed E-state index contributed by atoms with van der Waals surface area (Å²) in [5.41, 5.74) is 0.0638. The van der Waals surface area contributed by atoms with Crippen molar-refractivity contribution in [3.63, 3.8) is 0 Å². The van der Waals surface area contributed by atoms with E-state index in [1.807, 2.05) is 0 Å². The number of fused-ring (bicyclic) bond motifs is 1. The van der Waals surface area contributed by atoms with Crippen LogP contribution in [0.3, 0.4) is 0 Å². The molecule has 0 aliphatic rings. The van der Waals surface area contributed by atoms with Gasteiger partial charge in [0.15, 0.2) is 0 Å². The van der Waals surface area contributed by atoms with Gasteiger partial charge in [-0.2, -0.15) is 9.37 Å². The van der Waals surface area contributed by atoms with Crippen molar-refractivity contribution < 1.29 is 14.1 Å². The lowest BCUT2D eigenvalue weighted by Crippen LogP contribution is -2.14. The Balaban J connectivity index is 1.90. The quantitative estimate of drug-likeness (QED) is 0.581. The van der Waals surface area contributed by atoms with Crippen LogP contribution in [0, 0.1) is 22.9 Å². The van der Waals surface area contributed by atoms with Gasteiger partial charge in [-0.25, -0.2) is 9.50 Å². The average molecular weight is 316 g/mol. The molecule has 0 bridgehead atoms. The van der Waals surface area contributed by atoms with Crippen molar-refractivity contribution in [3.8, 4) is 0 Å². The molecule has 1 amide bonds. The molecular weight excluding hydrogens is 307 g/mol. The van der Waals surface area contributed by atoms with E-state index >= 15 is 0 Å². The van der Waals surface area contributed by atoms with Crippen LogP contribution >= 0.6 is 0 Å². The molecule has 0 spiro atoms. The van der Waals surface area contributed by atoms with E-state index < -0.39 is 22.3 Å². The van der Waals surface area contributed by atoms with Gasteiger partial charge < -0.3 is 5.32 Å². The van der Waals surface area contributed by atoms with Crippen molar-refractivity contribution in [1.29, 1.82) is 0 Å². The predicted molar refractivity (Wildman–Crippen MR) is 76.5 cm³/mol. The molecule has 1 aromatic carbocycles. The molecule has 9 nitrogen and oxygen atoms in total. The summed E-state index contributed by atoms with van der Waals surface area (Å²) in [6, 6.07) is 4.73. The summed E-state index contributed by atoms with van der Waals surface area (Å²) in [7, 11) is 0. The SMILES string of the molecule is Cc1ccnc2nc(C(=O)Nc3ccc(F)c([N+](=O)[O-])c3)nn12. The number of amides is 1. The Morgan fingerprint density at radius 1 is 1.39 bits per heavy atom. The Kier molecular flexibility index (Phi) is 3.41. The zero-order valence-electron chi connectivity index (χ0n) is 11.7. The maximum Gasteiger partial charge on any atom is 0.306 e. The van der Waals surface area contributed by atoms with E-state index in [2.05, 4.69) is 20.4 Å². The number of hydrogen-bond acceptors (Lipinski definition) is 6. The Morgan fingerprint density at radius 3 is 2.87 bits per heavy atom. The number of carbonyl (C=O) groups excluding carboxylic acids is 1. The number of carbonyl (C=O) groups is 1. The normalized spacial score (nSPS) is 10.7. The third-order valence-corrected chi connectivity index (χ3v) is 3.03. The molecular formula is C13H9FN6O3. The predicted octanol–water partition coefficient (Wildman–Crippen LogP) is 1.73. The van der Waals surface area contributed by atoms with Crippen LogP contribution in [-0.2, 0) is 0 Å². The third-order valence-electron chi connectivity index (χ3n) is 3.03. The monoisotopic (exact) mass is 316 g/mol. The van der Waals surface area contributed by atoms with Crippen LogP contribution in [0.2, 0.25) is 0 Å². The van der Waals surface area contributed by atoms with Gasteiger partial charge in [-0.05, 0) is 25.1 Å². The summed E-state index contributed by atoms with van der Waals surface area (Å²) < 4.78 is 14.7. The van der Waals surface area contributed by atoms with Gasteiger partial charge in [0, 0.05) is 23.6 Å². The van der Waals surface area contributed by atoms with Crippen LogP contribution in [0.1, 0.15) is 16.3 Å². The molecule has 0 saturated carbocycles. The lowest BCUT2D eigenvalue weighted by molar-refractivity contribution is -0.387. The fourth-order valence-corrected chi connectivity index (χ4v) is 1.92. The minimum absolute atomic E-state index is 0.0617. The van der Waals surface area contributed by atoms with E-state index in [-0.39, 0.29) is 17.3 Å². The summed E-state index contributed by atoms with van der Waals surface area (Å²) in [5, 5.41) is 17.1. The molecule has 116 valence electrons. The van der Waals surface area contributed by atoms with Crippen molar-refractivity contribution >= 4 is 23.1 Å². The van der Waals surface area contributed by atoms with Crippen molar-refractivity contribution in [3.05, 3.63) is 57.9 Å². The fraction of sp³-hybridized carbons (Fsp3) is 0.0769. The van der Waals surface area contributed by atoms with Gasteiger partial charge in [-0.1, -0.05) is 0 Å². The van der Waals surface area contributed by atoms with Crippen LogP contribution in [0.5, 0.6) is 0 Å². The van der Waals surface area contributed by atoms with E-state index in [4.69, 9.17) is 0 Å². The first-order chi connectivity index (χ1) is 11.0. The second kappa shape index (κ2) is 5.40. The van der Waals surface area contributed by atoms with Gasteiger partial charge in [0.25, 0.3) is 11.7 Å². The lowest BCUT2D eigenvalue weighted by atomic mass is 10.2. The number of anilines is 1. The number of aryl methyl sites for hydroxylation is 1. The van der Waals surface area contributed by atoms with Gasteiger partial charge in [-0.3, -0.25) is 14.9 Å². The lowest BCUT2D eigenvalue weighted by Gasteiger charge is -2.02. The van der Waals surface area contributed by atoms with E-state index in [0.717, 1.165) is 17.8 Å². The minimum atomic E-state index is -0.987. The minimum Gasteiger partial charge on any atom is -0.319 e. The van der Waals surface area contributed by atoms with Crippen molar-refractivity contribution in [2.75, 3.05) is 5.32 Å². The van der Waals surface area contributed by atoms with Crippen molar-refractivity contribution in [2.24, 2.45) is 0 Å². The molecule has 23 heavy (non-hydrogen) atoms. The Morgan fingerprint density at radius 2 is 2.17 bits per heavy atom. The zero-order valence-corrected chi connectivity index (χ0v) is 11.7. The van der Waals surface area contributed by atoms with Crippen LogP contribution in [-0.4, -0.2) is 30.4 Å². The van der Waals surface area contributed by atoms with Gasteiger partial charge in [0.1, 0.15) is 0 Å². The Labute approximate surface area is 127 Å². The molecule has 2 aromatic heterocycles. The maximum atomic E-state index is 13.3. The Bertz CT molecular complexity index is 939. The number of benzene rings is 1. The molecule has 0 unspecified atom stereocenters. The number of nitro groups is 1. The number of nitrogens with zero attached hydrogens (tertiary/aromatic N) is 5. The molecule has 0 saturated heterocycles. The number of halogens is 1. The summed E-state index contributed by atoms with van der Waals surface area (Å²) in [5.74, 6) is -1.58. The summed E-state index contributed by atoms with van der Waals surface area (Å²) in [4.78, 5) is 29.9. The second-order valence-electron chi connectivity index (χ2n) is 4.61. The highest BCUT2D eigenvalue weighted by atomic mass is 19.1. The molecule has 0 radical (unpaired) electrons. The van der Waals surface area contributed by atoms with E-state index in [0.29, 0.717) is 0 Å². The fourth-order valence-electron chi connectivity index (χ4n) is 1.92. The highest BCUT2D eigenvalue weighted by Gasteiger charge is 2.18. The summed E-state index contributed by atoms with van der Waals surface area (Å²) in [6.45, 7) is 1.77. The summed E-state index contributed by atoms with van der Waals surface area (Å²) in [6.07, 6.45) is 1.53. The zero-order chi connectivity index (χ0) is 16.6. The van der Waals surface area contributed by atoms with Gasteiger partial charge in [0.2, 0.25) is 11.6 Å². The highest BCUT2D eigenvalue weighted by Crippen LogP contribution is 2.21. The molecule has 0 atom stereocenters. The van der Waals surface area contributed by atoms with Crippen LogP contribution in [0.4, 0.5) is 15.8 Å². The van der Waals surface area contributed by atoms with Gasteiger partial charge in [-0.15, -0.1) is 5.10 Å². The highest BCUT2D eigenvalue weighted by molar-refractivity contribution is 6.01. The molecule has 10 heteroatoms. The van der Waals surface area contributed by atoms with E-state index in [1.54, 1.807) is 13.0 Å². The molecule has 3 aromatic rings. The number of aromatic nitrogens is 4. The molecule has 0 aliphatic carbocycles. The van der Waals surface area contributed by atoms with Crippen LogP contribution in [0.15, 0.2) is 30.5 Å². The largest absolute Gasteiger partial charge is 0.319 e. The van der Waals surface area contributed by atoms with Crippen molar-refractivity contribution in [1.82, 2.24) is 19.6 Å². The number of rotatable bonds is 3. The van der Waals surface area contributed by atoms with Crippen molar-refractivity contribution in [2.45, 2.75) is 6.92 Å². The van der Waals surface area contributed by atoms with E-state index in [1.165, 1.54) is 16.8 Å². The average Bonchev–Trinajstić information content (AvgIpc) is 2.94. The van der Waals surface area contributed by atoms with Crippen LogP contribution < -0.4 is 5.32 Å². The topological polar surface area (TPSA) is 115 Å². The number of nitrogens with one attached hydrogen (secondary N) is 1. The Hall–Kier alpha value is -3.43. The first-order valence-electron chi connectivity index (χ1n) is 6.39. The van der Waals surface area contributed by atoms with E-state index in [9.17, 15) is 19.3 Å². The maximum absolute atomic E-state index is 13.3. The third kappa shape index (κ3) is 2.69. The summed E-state index contributed by atoms with van der Waals surface area (Å²) >= 11 is 0.